The van der Waals surface area contributed by atoms with Crippen LogP contribution in [0.4, 0.5) is 4.39 Å². The minimum atomic E-state index is -0.440. The highest BCUT2D eigenvalue weighted by atomic mass is 19.1. The van der Waals surface area contributed by atoms with E-state index in [0.29, 0.717) is 24.4 Å². The van der Waals surface area contributed by atoms with E-state index in [1.165, 1.54) is 12.3 Å². The van der Waals surface area contributed by atoms with Crippen molar-refractivity contribution in [3.63, 3.8) is 0 Å². The molecule has 0 spiro atoms. The molecule has 1 saturated heterocycles. The molecule has 0 bridgehead atoms. The normalized spacial score (nSPS) is 18.3. The van der Waals surface area contributed by atoms with Crippen LogP contribution in [-0.4, -0.2) is 61.2 Å². The molecular weight excluding hydrogens is 447 g/mol. The zero-order valence-electron chi connectivity index (χ0n) is 19.8. The first-order valence-electron chi connectivity index (χ1n) is 11.8. The van der Waals surface area contributed by atoms with Gasteiger partial charge in [-0.15, -0.1) is 0 Å². The van der Waals surface area contributed by atoms with E-state index in [4.69, 9.17) is 4.74 Å². The summed E-state index contributed by atoms with van der Waals surface area (Å²) in [7, 11) is 0. The third-order valence-corrected chi connectivity index (χ3v) is 6.38. The fraction of sp³-hybridized carbons (Fsp3) is 0.346. The van der Waals surface area contributed by atoms with Gasteiger partial charge in [-0.1, -0.05) is 6.92 Å². The van der Waals surface area contributed by atoms with E-state index in [0.717, 1.165) is 41.6 Å². The van der Waals surface area contributed by atoms with Crippen molar-refractivity contribution in [2.24, 2.45) is 5.92 Å². The van der Waals surface area contributed by atoms with E-state index >= 15 is 0 Å². The van der Waals surface area contributed by atoms with Crippen LogP contribution in [0.5, 0.6) is 5.75 Å². The molecule has 4 aromatic rings. The van der Waals surface area contributed by atoms with Gasteiger partial charge in [0.15, 0.2) is 0 Å². The fourth-order valence-corrected chi connectivity index (χ4v) is 4.65. The summed E-state index contributed by atoms with van der Waals surface area (Å²) in [5.41, 5.74) is 3.41. The van der Waals surface area contributed by atoms with Crippen molar-refractivity contribution in [1.82, 2.24) is 29.6 Å². The topological polar surface area (TPSA) is 86.0 Å². The maximum Gasteiger partial charge on any atom is 0.145 e. The molecule has 1 aliphatic heterocycles. The summed E-state index contributed by atoms with van der Waals surface area (Å²) in [6, 6.07) is 7.11. The molecule has 0 amide bonds. The number of hydrogen-bond donors (Lipinski definition) is 0. The van der Waals surface area contributed by atoms with Gasteiger partial charge in [0.1, 0.15) is 23.5 Å². The van der Waals surface area contributed by atoms with E-state index in [9.17, 15) is 9.18 Å². The largest absolute Gasteiger partial charge is 0.487 e. The number of ketones is 1. The summed E-state index contributed by atoms with van der Waals surface area (Å²) in [6.07, 6.45) is 8.37. The van der Waals surface area contributed by atoms with Crippen molar-refractivity contribution < 1.29 is 13.9 Å². The number of pyridine rings is 3. The Balaban J connectivity index is 1.27. The highest BCUT2D eigenvalue weighted by Crippen LogP contribution is 2.26. The van der Waals surface area contributed by atoms with Crippen LogP contribution in [-0.2, 0) is 11.2 Å². The summed E-state index contributed by atoms with van der Waals surface area (Å²) >= 11 is 0. The number of hydrogen-bond acceptors (Lipinski definition) is 7. The van der Waals surface area contributed by atoms with E-state index in [-0.39, 0.29) is 24.2 Å². The number of nitrogens with zero attached hydrogens (tertiary/aromatic N) is 6. The molecule has 8 nitrogen and oxygen atoms in total. The number of likely N-dealkylation sites (N-methyl/N-ethyl adjacent to an activating group) is 1. The van der Waals surface area contributed by atoms with Crippen molar-refractivity contribution in [3.8, 4) is 11.4 Å². The Kier molecular flexibility index (Phi) is 6.50. The summed E-state index contributed by atoms with van der Waals surface area (Å²) in [5.74, 6) is 0.0679. The van der Waals surface area contributed by atoms with Gasteiger partial charge in [-0.3, -0.25) is 24.6 Å². The molecule has 4 aromatic heterocycles. The summed E-state index contributed by atoms with van der Waals surface area (Å²) in [5, 5.41) is 5.42. The molecule has 1 aliphatic rings. The van der Waals surface area contributed by atoms with Crippen molar-refractivity contribution in [1.29, 1.82) is 0 Å². The van der Waals surface area contributed by atoms with Crippen LogP contribution in [0.2, 0.25) is 0 Å². The first-order chi connectivity index (χ1) is 17.0. The van der Waals surface area contributed by atoms with Crippen molar-refractivity contribution >= 4 is 16.7 Å². The maximum atomic E-state index is 13.5. The van der Waals surface area contributed by atoms with Crippen LogP contribution >= 0.6 is 0 Å². The van der Waals surface area contributed by atoms with Gasteiger partial charge < -0.3 is 4.74 Å². The Morgan fingerprint density at radius 2 is 2.03 bits per heavy atom. The average Bonchev–Trinajstić information content (AvgIpc) is 3.42. The van der Waals surface area contributed by atoms with Gasteiger partial charge in [-0.25, -0.2) is 9.07 Å². The number of fused-ring (bicyclic) bond motifs is 1. The summed E-state index contributed by atoms with van der Waals surface area (Å²) in [6.45, 7) is 6.34. The molecule has 0 aromatic carbocycles. The van der Waals surface area contributed by atoms with Crippen LogP contribution in [0.25, 0.3) is 16.6 Å². The molecule has 0 radical (unpaired) electrons. The van der Waals surface area contributed by atoms with E-state index < -0.39 is 5.82 Å². The number of aromatic nitrogens is 5. The Bertz CT molecular complexity index is 1360. The maximum absolute atomic E-state index is 13.5. The zero-order chi connectivity index (χ0) is 24.4. The Morgan fingerprint density at radius 1 is 1.14 bits per heavy atom. The Labute approximate surface area is 202 Å². The van der Waals surface area contributed by atoms with Gasteiger partial charge >= 0.3 is 0 Å². The lowest BCUT2D eigenvalue weighted by Gasteiger charge is -2.19. The summed E-state index contributed by atoms with van der Waals surface area (Å²) in [4.78, 5) is 27.9. The minimum Gasteiger partial charge on any atom is -0.487 e. The van der Waals surface area contributed by atoms with Gasteiger partial charge in [0.25, 0.3) is 0 Å². The lowest BCUT2D eigenvalue weighted by atomic mass is 9.97. The lowest BCUT2D eigenvalue weighted by molar-refractivity contribution is -0.119. The van der Waals surface area contributed by atoms with E-state index in [2.05, 4.69) is 31.9 Å². The second-order valence-corrected chi connectivity index (χ2v) is 8.97. The number of likely N-dealkylation sites (tertiary alicyclic amines) is 1. The standard InChI is InChI=1S/C26H27FN6O2/c1-3-32-15-19(26(16-32)35-24-9-20(27)12-28-13-24)8-23(34)10-21-7-18-11-31-33(25(18)14-30-21)22-4-5-29-17(2)6-22/h4-7,9,11-14,19,26H,3,8,10,15-16H2,1-2H3/t19-,26-/m0/s1. The molecule has 0 unspecified atom stereocenters. The molecule has 0 N–H and O–H groups in total. The van der Waals surface area contributed by atoms with Crippen molar-refractivity contribution in [3.05, 3.63) is 72.5 Å². The number of carbonyl (C=O) groups is 1. The predicted octanol–water partition coefficient (Wildman–Crippen LogP) is 3.56. The van der Waals surface area contributed by atoms with Gasteiger partial charge in [-0.2, -0.15) is 5.10 Å². The average molecular weight is 475 g/mol. The molecule has 9 heteroatoms. The van der Waals surface area contributed by atoms with Gasteiger partial charge in [-0.05, 0) is 31.7 Å². The molecule has 5 rings (SSSR count). The number of carbonyl (C=O) groups excluding carboxylic acids is 1. The van der Waals surface area contributed by atoms with Crippen LogP contribution in [0.15, 0.2) is 55.2 Å². The lowest BCUT2D eigenvalue weighted by Crippen LogP contribution is -2.28. The molecule has 0 saturated carbocycles. The third kappa shape index (κ3) is 5.19. The second kappa shape index (κ2) is 9.87. The number of rotatable bonds is 8. The highest BCUT2D eigenvalue weighted by Gasteiger charge is 2.35. The number of halogens is 1. The smallest absolute Gasteiger partial charge is 0.145 e. The third-order valence-electron chi connectivity index (χ3n) is 6.38. The first kappa shape index (κ1) is 23.0. The van der Waals surface area contributed by atoms with Gasteiger partial charge in [0.05, 0.1) is 36.0 Å². The summed E-state index contributed by atoms with van der Waals surface area (Å²) < 4.78 is 21.4. The van der Waals surface area contributed by atoms with Gasteiger partial charge in [0.2, 0.25) is 0 Å². The first-order valence-corrected chi connectivity index (χ1v) is 11.8. The monoisotopic (exact) mass is 474 g/mol. The number of ether oxygens (including phenoxy) is 1. The minimum absolute atomic E-state index is 0.0205. The molecule has 5 heterocycles. The predicted molar refractivity (Wildman–Crippen MR) is 129 cm³/mol. The molecular formula is C26H27FN6O2. The molecule has 1 fully saturated rings. The SMILES string of the molecule is CCN1C[C@H](CC(=O)Cc2cc3cnn(-c4ccnc(C)c4)c3cn2)[C@@H](Oc2cncc(F)c2)C1. The number of aryl methyl sites for hydroxylation is 1. The fourth-order valence-electron chi connectivity index (χ4n) is 4.65. The van der Waals surface area contributed by atoms with E-state index in [1.54, 1.807) is 18.6 Å². The molecule has 2 atom stereocenters. The zero-order valence-corrected chi connectivity index (χ0v) is 19.8. The second-order valence-electron chi connectivity index (χ2n) is 8.97. The Hall–Kier alpha value is -3.72. The number of Topliss-reactive ketones (excluding diaryl/α,β-unsaturated/α-hetero) is 1. The van der Waals surface area contributed by atoms with Crippen LogP contribution in [0, 0.1) is 18.7 Å². The van der Waals surface area contributed by atoms with E-state index in [1.807, 2.05) is 29.8 Å². The quantitative estimate of drug-likeness (QED) is 0.386. The molecule has 35 heavy (non-hydrogen) atoms. The van der Waals surface area contributed by atoms with Crippen molar-refractivity contribution in [2.45, 2.75) is 32.8 Å². The van der Waals surface area contributed by atoms with Crippen LogP contribution in [0.1, 0.15) is 24.7 Å². The van der Waals surface area contributed by atoms with Crippen molar-refractivity contribution in [2.75, 3.05) is 19.6 Å². The van der Waals surface area contributed by atoms with Gasteiger partial charge in [0, 0.05) is 60.9 Å². The van der Waals surface area contributed by atoms with Crippen LogP contribution in [0.3, 0.4) is 0 Å². The Morgan fingerprint density at radius 3 is 2.83 bits per heavy atom. The highest BCUT2D eigenvalue weighted by molar-refractivity contribution is 5.84. The van der Waals surface area contributed by atoms with Crippen LogP contribution < -0.4 is 4.74 Å². The molecule has 0 aliphatic carbocycles. The molecule has 180 valence electrons.